The van der Waals surface area contributed by atoms with Gasteiger partial charge in [0, 0.05) is 19.1 Å². The van der Waals surface area contributed by atoms with Gasteiger partial charge < -0.3 is 10.6 Å². The van der Waals surface area contributed by atoms with Crippen molar-refractivity contribution in [1.82, 2.24) is 10.6 Å². The summed E-state index contributed by atoms with van der Waals surface area (Å²) in [7, 11) is -2.81. The Morgan fingerprint density at radius 3 is 2.45 bits per heavy atom. The summed E-state index contributed by atoms with van der Waals surface area (Å²) < 4.78 is 23.0. The van der Waals surface area contributed by atoms with Gasteiger partial charge in [-0.25, -0.2) is 8.42 Å². The van der Waals surface area contributed by atoms with Gasteiger partial charge in [-0.1, -0.05) is 19.3 Å². The van der Waals surface area contributed by atoms with Crippen LogP contribution < -0.4 is 10.6 Å². The Bertz CT molecular complexity index is 468. The zero-order valence-electron chi connectivity index (χ0n) is 14.0. The minimum Gasteiger partial charge on any atom is -0.356 e. The SMILES string of the molecule is CC(C)NC(=NCC1CCS(=O)(=O)C1)NCC1CCCCC1. The molecule has 1 atom stereocenters. The van der Waals surface area contributed by atoms with Crippen molar-refractivity contribution < 1.29 is 8.42 Å². The molecule has 5 nitrogen and oxygen atoms in total. The zero-order valence-corrected chi connectivity index (χ0v) is 14.8. The van der Waals surface area contributed by atoms with E-state index in [-0.39, 0.29) is 5.92 Å². The maximum atomic E-state index is 11.5. The van der Waals surface area contributed by atoms with Crippen LogP contribution in [0.25, 0.3) is 0 Å². The highest BCUT2D eigenvalue weighted by molar-refractivity contribution is 7.91. The molecule has 2 fully saturated rings. The topological polar surface area (TPSA) is 70.6 Å². The van der Waals surface area contributed by atoms with Crippen LogP contribution in [0.2, 0.25) is 0 Å². The molecule has 0 aromatic rings. The van der Waals surface area contributed by atoms with Crippen LogP contribution in [-0.2, 0) is 9.84 Å². The molecule has 2 rings (SSSR count). The van der Waals surface area contributed by atoms with Gasteiger partial charge >= 0.3 is 0 Å². The van der Waals surface area contributed by atoms with Gasteiger partial charge in [-0.2, -0.15) is 0 Å². The van der Waals surface area contributed by atoms with Gasteiger partial charge in [0.2, 0.25) is 0 Å². The monoisotopic (exact) mass is 329 g/mol. The minimum absolute atomic E-state index is 0.186. The van der Waals surface area contributed by atoms with Crippen molar-refractivity contribution in [2.75, 3.05) is 24.6 Å². The Labute approximate surface area is 135 Å². The summed E-state index contributed by atoms with van der Waals surface area (Å²) in [6, 6.07) is 0.324. The highest BCUT2D eigenvalue weighted by Gasteiger charge is 2.27. The predicted octanol–water partition coefficient (Wildman–Crippen LogP) is 1.94. The van der Waals surface area contributed by atoms with Gasteiger partial charge in [0.15, 0.2) is 15.8 Å². The molecule has 1 saturated heterocycles. The van der Waals surface area contributed by atoms with Gasteiger partial charge in [0.25, 0.3) is 0 Å². The molecule has 1 saturated carbocycles. The number of nitrogens with zero attached hydrogens (tertiary/aromatic N) is 1. The first-order chi connectivity index (χ1) is 10.4. The summed E-state index contributed by atoms with van der Waals surface area (Å²) in [5.41, 5.74) is 0. The normalized spacial score (nSPS) is 26.3. The second kappa shape index (κ2) is 8.18. The number of sulfone groups is 1. The number of nitrogens with one attached hydrogen (secondary N) is 2. The van der Waals surface area contributed by atoms with Crippen molar-refractivity contribution in [1.29, 1.82) is 0 Å². The Kier molecular flexibility index (Phi) is 6.53. The Morgan fingerprint density at radius 2 is 1.86 bits per heavy atom. The predicted molar refractivity (Wildman–Crippen MR) is 91.9 cm³/mol. The highest BCUT2D eigenvalue weighted by atomic mass is 32.2. The summed E-state index contributed by atoms with van der Waals surface area (Å²) >= 11 is 0. The van der Waals surface area contributed by atoms with Gasteiger partial charge in [0.05, 0.1) is 11.5 Å². The molecule has 1 unspecified atom stereocenters. The Morgan fingerprint density at radius 1 is 1.14 bits per heavy atom. The van der Waals surface area contributed by atoms with Crippen LogP contribution in [-0.4, -0.2) is 45.0 Å². The minimum atomic E-state index is -2.81. The number of rotatable bonds is 5. The second-order valence-electron chi connectivity index (χ2n) is 7.14. The molecule has 0 aromatic heterocycles. The molecular formula is C16H31N3O2S. The highest BCUT2D eigenvalue weighted by Crippen LogP contribution is 2.22. The molecule has 128 valence electrons. The first-order valence-electron chi connectivity index (χ1n) is 8.70. The van der Waals surface area contributed by atoms with Crippen molar-refractivity contribution in [3.63, 3.8) is 0 Å². The molecule has 2 aliphatic rings. The molecule has 1 heterocycles. The summed E-state index contributed by atoms with van der Waals surface area (Å²) in [4.78, 5) is 4.63. The molecule has 0 aromatic carbocycles. The molecule has 0 radical (unpaired) electrons. The van der Waals surface area contributed by atoms with E-state index in [4.69, 9.17) is 0 Å². The van der Waals surface area contributed by atoms with E-state index in [1.54, 1.807) is 0 Å². The average molecular weight is 330 g/mol. The van der Waals surface area contributed by atoms with E-state index in [1.807, 2.05) is 0 Å². The van der Waals surface area contributed by atoms with E-state index in [0.29, 0.717) is 24.1 Å². The standard InChI is InChI=1S/C16H31N3O2S/c1-13(2)19-16(17-10-14-6-4-3-5-7-14)18-11-15-8-9-22(20,21)12-15/h13-15H,3-12H2,1-2H3,(H2,17,18,19). The summed E-state index contributed by atoms with van der Waals surface area (Å²) in [6.07, 6.45) is 7.43. The van der Waals surface area contributed by atoms with E-state index in [0.717, 1.165) is 24.8 Å². The lowest BCUT2D eigenvalue weighted by Gasteiger charge is -2.24. The number of hydrogen-bond acceptors (Lipinski definition) is 3. The van der Waals surface area contributed by atoms with E-state index in [2.05, 4.69) is 29.5 Å². The third-order valence-corrected chi connectivity index (χ3v) is 6.38. The molecule has 0 amide bonds. The fourth-order valence-electron chi connectivity index (χ4n) is 3.29. The van der Waals surface area contributed by atoms with Crippen LogP contribution in [0.1, 0.15) is 52.4 Å². The van der Waals surface area contributed by atoms with Gasteiger partial charge in [-0.3, -0.25) is 4.99 Å². The third-order valence-electron chi connectivity index (χ3n) is 4.54. The first-order valence-corrected chi connectivity index (χ1v) is 10.5. The first kappa shape index (κ1) is 17.6. The fourth-order valence-corrected chi connectivity index (χ4v) is 5.14. The lowest BCUT2D eigenvalue weighted by atomic mass is 9.89. The molecule has 1 aliphatic heterocycles. The van der Waals surface area contributed by atoms with Crippen LogP contribution in [0, 0.1) is 11.8 Å². The van der Waals surface area contributed by atoms with E-state index >= 15 is 0 Å². The molecular weight excluding hydrogens is 298 g/mol. The van der Waals surface area contributed by atoms with Gasteiger partial charge in [-0.05, 0) is 44.9 Å². The van der Waals surface area contributed by atoms with Crippen LogP contribution >= 0.6 is 0 Å². The largest absolute Gasteiger partial charge is 0.356 e. The fraction of sp³-hybridized carbons (Fsp3) is 0.938. The molecule has 22 heavy (non-hydrogen) atoms. The lowest BCUT2D eigenvalue weighted by Crippen LogP contribution is -2.43. The van der Waals surface area contributed by atoms with Crippen LogP contribution in [0.4, 0.5) is 0 Å². The van der Waals surface area contributed by atoms with E-state index in [9.17, 15) is 8.42 Å². The van der Waals surface area contributed by atoms with Crippen molar-refractivity contribution in [2.24, 2.45) is 16.8 Å². The van der Waals surface area contributed by atoms with Crippen molar-refractivity contribution in [2.45, 2.75) is 58.4 Å². The second-order valence-corrected chi connectivity index (χ2v) is 9.37. The summed E-state index contributed by atoms with van der Waals surface area (Å²) in [5.74, 6) is 2.40. The zero-order chi connectivity index (χ0) is 16.0. The molecule has 2 N–H and O–H groups in total. The van der Waals surface area contributed by atoms with E-state index in [1.165, 1.54) is 32.1 Å². The quantitative estimate of drug-likeness (QED) is 0.597. The number of guanidine groups is 1. The maximum absolute atomic E-state index is 11.5. The van der Waals surface area contributed by atoms with Gasteiger partial charge in [0.1, 0.15) is 0 Å². The average Bonchev–Trinajstić information content (AvgIpc) is 2.82. The number of hydrogen-bond donors (Lipinski definition) is 2. The Hall–Kier alpha value is -0.780. The van der Waals surface area contributed by atoms with Crippen molar-refractivity contribution in [3.05, 3.63) is 0 Å². The molecule has 0 bridgehead atoms. The number of aliphatic imine (C=N–C) groups is 1. The Balaban J connectivity index is 1.83. The maximum Gasteiger partial charge on any atom is 0.191 e. The van der Waals surface area contributed by atoms with Gasteiger partial charge in [-0.15, -0.1) is 0 Å². The van der Waals surface area contributed by atoms with Crippen molar-refractivity contribution >= 4 is 15.8 Å². The summed E-state index contributed by atoms with van der Waals surface area (Å²) in [5, 5.41) is 6.81. The van der Waals surface area contributed by atoms with E-state index < -0.39 is 9.84 Å². The third kappa shape index (κ3) is 6.15. The lowest BCUT2D eigenvalue weighted by molar-refractivity contribution is 0.355. The molecule has 0 spiro atoms. The van der Waals surface area contributed by atoms with Crippen molar-refractivity contribution in [3.8, 4) is 0 Å². The molecule has 1 aliphatic carbocycles. The molecule has 6 heteroatoms. The van der Waals surface area contributed by atoms with Crippen LogP contribution in [0.15, 0.2) is 4.99 Å². The van der Waals surface area contributed by atoms with Crippen LogP contribution in [0.5, 0.6) is 0 Å². The van der Waals surface area contributed by atoms with Crippen LogP contribution in [0.3, 0.4) is 0 Å². The summed E-state index contributed by atoms with van der Waals surface area (Å²) in [6.45, 7) is 5.77. The smallest absolute Gasteiger partial charge is 0.191 e.